The van der Waals surface area contributed by atoms with Crippen LogP contribution in [0, 0.1) is 19.9 Å². The van der Waals surface area contributed by atoms with Crippen LogP contribution in [0.2, 0.25) is 0 Å². The molecule has 2 rings (SSSR count). The molecule has 0 amide bonds. The molecule has 2 nitrogen and oxygen atoms in total. The summed E-state index contributed by atoms with van der Waals surface area (Å²) in [6.07, 6.45) is 0. The fraction of sp³-hybridized carbons (Fsp3) is 0.250. The summed E-state index contributed by atoms with van der Waals surface area (Å²) in [5.74, 6) is 0.987. The Bertz CT molecular complexity index is 446. The quantitative estimate of drug-likeness (QED) is 0.440. The third kappa shape index (κ3) is 2.17. The molecule has 72 valence electrons. The molecule has 0 bridgehead atoms. The average molecular weight is 192 g/mol. The molecule has 0 saturated heterocycles. The number of benzene rings is 1. The number of aromatic nitrogens is 2. The predicted octanol–water partition coefficient (Wildman–Crippen LogP) is -0.492. The number of rotatable bonds is 1. The molecule has 0 spiro atoms. The molecule has 0 aliphatic carbocycles. The topological polar surface area (TPSA) is 17.8 Å². The number of hydrogen-bond donors (Lipinski definition) is 0. The summed E-state index contributed by atoms with van der Waals surface area (Å²) in [6, 6.07) is 11.1. The van der Waals surface area contributed by atoms with Crippen LogP contribution in [0.1, 0.15) is 11.4 Å². The maximum Gasteiger partial charge on any atom is 1.00 e. The van der Waals surface area contributed by atoms with E-state index in [1.807, 2.05) is 38.2 Å². The monoisotopic (exact) mass is 192 g/mol. The number of hydrogen-bond acceptors (Lipinski definition) is 1. The van der Waals surface area contributed by atoms with E-state index < -0.39 is 0 Å². The van der Waals surface area contributed by atoms with Gasteiger partial charge in [-0.25, -0.2) is 0 Å². The summed E-state index contributed by atoms with van der Waals surface area (Å²) in [5.41, 5.74) is 3.34. The van der Waals surface area contributed by atoms with Crippen LogP contribution in [0.5, 0.6) is 0 Å². The van der Waals surface area contributed by atoms with Gasteiger partial charge in [0.15, 0.2) is 0 Å². The van der Waals surface area contributed by atoms with Gasteiger partial charge in [-0.05, 0) is 13.8 Å². The van der Waals surface area contributed by atoms with Crippen molar-refractivity contribution in [2.45, 2.75) is 13.8 Å². The van der Waals surface area contributed by atoms with Crippen LogP contribution in [0.15, 0.2) is 24.3 Å². The molecule has 1 aromatic heterocycles. The Morgan fingerprint density at radius 2 is 2.00 bits per heavy atom. The van der Waals surface area contributed by atoms with E-state index in [9.17, 15) is 0 Å². The van der Waals surface area contributed by atoms with Gasteiger partial charge in [0.05, 0.1) is 5.82 Å². The summed E-state index contributed by atoms with van der Waals surface area (Å²) < 4.78 is 2.10. The van der Waals surface area contributed by atoms with Gasteiger partial charge in [0.25, 0.3) is 0 Å². The van der Waals surface area contributed by atoms with Gasteiger partial charge < -0.3 is 4.57 Å². The van der Waals surface area contributed by atoms with Crippen molar-refractivity contribution in [2.75, 3.05) is 0 Å². The maximum absolute atomic E-state index is 4.51. The fourth-order valence-electron chi connectivity index (χ4n) is 1.49. The summed E-state index contributed by atoms with van der Waals surface area (Å²) >= 11 is 0. The molecule has 0 radical (unpaired) electrons. The summed E-state index contributed by atoms with van der Waals surface area (Å²) in [5, 5.41) is 0. The zero-order chi connectivity index (χ0) is 10.1. The Hall–Kier alpha value is -0.973. The number of imidazole rings is 1. The van der Waals surface area contributed by atoms with Gasteiger partial charge >= 0.3 is 18.9 Å². The van der Waals surface area contributed by atoms with E-state index >= 15 is 0 Å². The number of nitrogens with zero attached hydrogens (tertiary/aromatic N) is 2. The van der Waals surface area contributed by atoms with Gasteiger partial charge in [0.2, 0.25) is 0 Å². The van der Waals surface area contributed by atoms with Crippen molar-refractivity contribution >= 4 is 0 Å². The van der Waals surface area contributed by atoms with Crippen LogP contribution >= 0.6 is 0 Å². The molecule has 0 aliphatic heterocycles. The molecule has 0 aliphatic rings. The molecule has 0 atom stereocenters. The molecule has 1 heterocycles. The molecule has 2 aromatic rings. The maximum atomic E-state index is 4.51. The first-order valence-electron chi connectivity index (χ1n) is 4.67. The zero-order valence-corrected chi connectivity index (χ0v) is 9.70. The number of aryl methyl sites for hydroxylation is 1. The molecule has 3 heteroatoms. The largest absolute Gasteiger partial charge is 1.00 e. The molecule has 0 unspecified atom stereocenters. The SMILES string of the molecule is Cc1nc(-c2[c-]cccc2)n(C)c1C.[Li+]. The van der Waals surface area contributed by atoms with Crippen molar-refractivity contribution in [3.63, 3.8) is 0 Å². The van der Waals surface area contributed by atoms with E-state index in [0.29, 0.717) is 0 Å². The minimum atomic E-state index is 0. The van der Waals surface area contributed by atoms with Gasteiger partial charge in [-0.15, -0.1) is 35.9 Å². The van der Waals surface area contributed by atoms with E-state index in [1.54, 1.807) is 0 Å². The Morgan fingerprint density at radius 1 is 1.27 bits per heavy atom. The second kappa shape index (κ2) is 4.70. The third-order valence-corrected chi connectivity index (χ3v) is 2.57. The van der Waals surface area contributed by atoms with Gasteiger partial charge in [0.1, 0.15) is 0 Å². The molecule has 1 aromatic carbocycles. The normalized spacial score (nSPS) is 9.80. The first kappa shape index (κ1) is 12.1. The van der Waals surface area contributed by atoms with Crippen molar-refractivity contribution in [1.82, 2.24) is 9.55 Å². The predicted molar refractivity (Wildman–Crippen MR) is 57.0 cm³/mol. The van der Waals surface area contributed by atoms with Gasteiger partial charge in [0, 0.05) is 18.4 Å². The molecule has 0 fully saturated rings. The summed E-state index contributed by atoms with van der Waals surface area (Å²) in [4.78, 5) is 4.51. The second-order valence-corrected chi connectivity index (χ2v) is 3.44. The average Bonchev–Trinajstić information content (AvgIpc) is 2.47. The Morgan fingerprint density at radius 3 is 2.47 bits per heavy atom. The minimum absolute atomic E-state index is 0. The first-order valence-corrected chi connectivity index (χ1v) is 4.67. The van der Waals surface area contributed by atoms with Crippen molar-refractivity contribution in [3.8, 4) is 11.4 Å². The summed E-state index contributed by atoms with van der Waals surface area (Å²) in [7, 11) is 2.03. The molecular formula is C12H13LiN2. The van der Waals surface area contributed by atoms with Crippen molar-refractivity contribution in [2.24, 2.45) is 7.05 Å². The van der Waals surface area contributed by atoms with Gasteiger partial charge in [-0.1, -0.05) is 0 Å². The van der Waals surface area contributed by atoms with Crippen molar-refractivity contribution in [3.05, 3.63) is 41.7 Å². The van der Waals surface area contributed by atoms with E-state index in [2.05, 4.69) is 22.5 Å². The Kier molecular flexibility index (Phi) is 3.79. The fourth-order valence-corrected chi connectivity index (χ4v) is 1.49. The molecular weight excluding hydrogens is 179 g/mol. The molecule has 0 saturated carbocycles. The Balaban J connectivity index is 0.00000112. The van der Waals surface area contributed by atoms with E-state index in [-0.39, 0.29) is 18.9 Å². The van der Waals surface area contributed by atoms with E-state index in [4.69, 9.17) is 0 Å². The van der Waals surface area contributed by atoms with Gasteiger partial charge in [-0.2, -0.15) is 0 Å². The third-order valence-electron chi connectivity index (χ3n) is 2.57. The van der Waals surface area contributed by atoms with Crippen LogP contribution in [0.4, 0.5) is 0 Å². The minimum Gasteiger partial charge on any atom is -0.371 e. The second-order valence-electron chi connectivity index (χ2n) is 3.44. The van der Waals surface area contributed by atoms with Crippen molar-refractivity contribution < 1.29 is 18.9 Å². The van der Waals surface area contributed by atoms with Crippen LogP contribution in [-0.4, -0.2) is 9.55 Å². The van der Waals surface area contributed by atoms with E-state index in [1.165, 1.54) is 5.69 Å². The molecule has 15 heavy (non-hydrogen) atoms. The smallest absolute Gasteiger partial charge is 0.371 e. The standard InChI is InChI=1S/C12H13N2.Li/c1-9-10(2)14(3)12(13-9)11-7-5-4-6-8-11;/h4-7H,1-3H3;/q-1;+1. The van der Waals surface area contributed by atoms with Crippen LogP contribution in [0.3, 0.4) is 0 Å². The molecule has 0 N–H and O–H groups in total. The Labute approximate surface area is 103 Å². The van der Waals surface area contributed by atoms with Crippen LogP contribution in [-0.2, 0) is 7.05 Å². The van der Waals surface area contributed by atoms with E-state index in [0.717, 1.165) is 17.1 Å². The van der Waals surface area contributed by atoms with Crippen LogP contribution < -0.4 is 18.9 Å². The van der Waals surface area contributed by atoms with Crippen molar-refractivity contribution in [1.29, 1.82) is 0 Å². The summed E-state index contributed by atoms with van der Waals surface area (Å²) in [6.45, 7) is 4.11. The van der Waals surface area contributed by atoms with Gasteiger partial charge in [-0.3, -0.25) is 4.98 Å². The zero-order valence-electron chi connectivity index (χ0n) is 9.70. The van der Waals surface area contributed by atoms with Crippen LogP contribution in [0.25, 0.3) is 11.4 Å². The first-order chi connectivity index (χ1) is 6.70.